The Morgan fingerprint density at radius 1 is 1.20 bits per heavy atom. The molecule has 2 heterocycles. The van der Waals surface area contributed by atoms with Gasteiger partial charge in [0.2, 0.25) is 0 Å². The minimum Gasteiger partial charge on any atom is -0.493 e. The Hall–Kier alpha value is -2.55. The fraction of sp³-hybridized carbons (Fsp3) is 0.444. The first-order valence-corrected chi connectivity index (χ1v) is 12.8. The molecule has 0 bridgehead atoms. The lowest BCUT2D eigenvalue weighted by atomic mass is 9.88. The first kappa shape index (κ1) is 25.5. The van der Waals surface area contributed by atoms with Gasteiger partial charge in [0.05, 0.1) is 31.3 Å². The van der Waals surface area contributed by atoms with Gasteiger partial charge in [0.15, 0.2) is 0 Å². The molecule has 1 unspecified atom stereocenters. The summed E-state index contributed by atoms with van der Waals surface area (Å²) in [5.41, 5.74) is 3.50. The highest BCUT2D eigenvalue weighted by Crippen LogP contribution is 2.40. The van der Waals surface area contributed by atoms with Crippen LogP contribution in [0, 0.1) is 5.41 Å². The maximum absolute atomic E-state index is 13.1. The molecule has 2 aromatic carbocycles. The zero-order valence-corrected chi connectivity index (χ0v) is 22.0. The minimum atomic E-state index is -0.674. The third-order valence-corrected chi connectivity index (χ3v) is 7.31. The topological polar surface area (TPSA) is 95.0 Å². The van der Waals surface area contributed by atoms with E-state index < -0.39 is 5.41 Å². The highest BCUT2D eigenvalue weighted by molar-refractivity contribution is 9.10. The zero-order chi connectivity index (χ0) is 25.2. The SMILES string of the molecule is CCC(CO)(CO)COc1ccc(C2c3[nH]c4ccc(Br)cc4c3CCN2C(=O)OC(C)C)cc1. The first-order valence-electron chi connectivity index (χ1n) is 12.0. The van der Waals surface area contributed by atoms with E-state index in [-0.39, 0.29) is 38.1 Å². The predicted octanol–water partition coefficient (Wildman–Crippen LogP) is 5.18. The van der Waals surface area contributed by atoms with E-state index in [2.05, 4.69) is 27.0 Å². The summed E-state index contributed by atoms with van der Waals surface area (Å²) in [6.45, 7) is 6.09. The minimum absolute atomic E-state index is 0.146. The highest BCUT2D eigenvalue weighted by atomic mass is 79.9. The van der Waals surface area contributed by atoms with Crippen molar-refractivity contribution in [1.29, 1.82) is 0 Å². The van der Waals surface area contributed by atoms with Gasteiger partial charge < -0.3 is 24.7 Å². The van der Waals surface area contributed by atoms with Crippen molar-refractivity contribution in [3.63, 3.8) is 0 Å². The molecule has 7 nitrogen and oxygen atoms in total. The second-order valence-corrected chi connectivity index (χ2v) is 10.4. The van der Waals surface area contributed by atoms with Gasteiger partial charge >= 0.3 is 6.09 Å². The van der Waals surface area contributed by atoms with Crippen LogP contribution in [0.25, 0.3) is 10.9 Å². The molecule has 1 aromatic heterocycles. The molecule has 0 saturated carbocycles. The monoisotopic (exact) mass is 544 g/mol. The number of H-pyrrole nitrogens is 1. The highest BCUT2D eigenvalue weighted by Gasteiger charge is 2.36. The maximum Gasteiger partial charge on any atom is 0.410 e. The average Bonchev–Trinajstić information content (AvgIpc) is 3.22. The number of aliphatic hydroxyl groups excluding tert-OH is 2. The maximum atomic E-state index is 13.1. The van der Waals surface area contributed by atoms with Crippen LogP contribution in [0.1, 0.15) is 50.1 Å². The van der Waals surface area contributed by atoms with E-state index in [4.69, 9.17) is 9.47 Å². The van der Waals surface area contributed by atoms with E-state index in [0.717, 1.165) is 33.1 Å². The molecule has 0 spiro atoms. The van der Waals surface area contributed by atoms with Crippen molar-refractivity contribution in [2.75, 3.05) is 26.4 Å². The summed E-state index contributed by atoms with van der Waals surface area (Å²) in [7, 11) is 0. The summed E-state index contributed by atoms with van der Waals surface area (Å²) in [4.78, 5) is 18.4. The van der Waals surface area contributed by atoms with Crippen LogP contribution in [0.2, 0.25) is 0 Å². The van der Waals surface area contributed by atoms with E-state index >= 15 is 0 Å². The smallest absolute Gasteiger partial charge is 0.410 e. The van der Waals surface area contributed by atoms with Gasteiger partial charge in [0, 0.05) is 27.6 Å². The molecular weight excluding hydrogens is 512 g/mol. The molecule has 3 N–H and O–H groups in total. The number of rotatable bonds is 8. The number of aromatic amines is 1. The van der Waals surface area contributed by atoms with Crippen molar-refractivity contribution in [2.45, 2.75) is 45.8 Å². The Bertz CT molecular complexity index is 1160. The zero-order valence-electron chi connectivity index (χ0n) is 20.4. The van der Waals surface area contributed by atoms with Crippen LogP contribution in [-0.4, -0.2) is 58.7 Å². The lowest BCUT2D eigenvalue weighted by Gasteiger charge is -2.36. The number of carbonyl (C=O) groups is 1. The van der Waals surface area contributed by atoms with Crippen molar-refractivity contribution >= 4 is 32.9 Å². The second-order valence-electron chi connectivity index (χ2n) is 9.51. The number of amides is 1. The van der Waals surface area contributed by atoms with Gasteiger partial charge in [-0.2, -0.15) is 0 Å². The number of ether oxygens (including phenoxy) is 2. The lowest BCUT2D eigenvalue weighted by molar-refractivity contribution is 0.0114. The predicted molar refractivity (Wildman–Crippen MR) is 139 cm³/mol. The number of halogens is 1. The Balaban J connectivity index is 1.68. The summed E-state index contributed by atoms with van der Waals surface area (Å²) in [5, 5.41) is 20.5. The summed E-state index contributed by atoms with van der Waals surface area (Å²) in [6, 6.07) is 13.5. The van der Waals surface area contributed by atoms with Crippen molar-refractivity contribution < 1.29 is 24.5 Å². The molecule has 1 amide bonds. The van der Waals surface area contributed by atoms with Crippen LogP contribution in [-0.2, 0) is 11.2 Å². The molecule has 1 atom stereocenters. The van der Waals surface area contributed by atoms with Gasteiger partial charge in [-0.05, 0) is 68.1 Å². The van der Waals surface area contributed by atoms with Crippen LogP contribution in [0.4, 0.5) is 4.79 Å². The fourth-order valence-corrected chi connectivity index (χ4v) is 4.88. The van der Waals surface area contributed by atoms with Gasteiger partial charge in [-0.15, -0.1) is 0 Å². The molecule has 0 aliphatic carbocycles. The summed E-state index contributed by atoms with van der Waals surface area (Å²) >= 11 is 3.58. The summed E-state index contributed by atoms with van der Waals surface area (Å²) in [5.74, 6) is 0.640. The number of benzene rings is 2. The average molecular weight is 545 g/mol. The summed E-state index contributed by atoms with van der Waals surface area (Å²) < 4.78 is 12.5. The van der Waals surface area contributed by atoms with Crippen LogP contribution >= 0.6 is 15.9 Å². The lowest BCUT2D eigenvalue weighted by Crippen LogP contribution is -2.41. The van der Waals surface area contributed by atoms with Crippen molar-refractivity contribution in [3.05, 3.63) is 63.8 Å². The van der Waals surface area contributed by atoms with E-state index in [9.17, 15) is 15.0 Å². The van der Waals surface area contributed by atoms with Crippen LogP contribution in [0.5, 0.6) is 5.75 Å². The van der Waals surface area contributed by atoms with Gasteiger partial charge in [0.1, 0.15) is 11.8 Å². The Labute approximate surface area is 214 Å². The molecule has 188 valence electrons. The molecular formula is C27H33BrN2O5. The molecule has 35 heavy (non-hydrogen) atoms. The van der Waals surface area contributed by atoms with E-state index in [1.54, 1.807) is 4.90 Å². The third-order valence-electron chi connectivity index (χ3n) is 6.82. The Morgan fingerprint density at radius 2 is 1.91 bits per heavy atom. The number of fused-ring (bicyclic) bond motifs is 3. The molecule has 1 aliphatic rings. The quantitative estimate of drug-likeness (QED) is 0.363. The third kappa shape index (κ3) is 5.20. The molecule has 0 fully saturated rings. The number of hydrogen-bond donors (Lipinski definition) is 3. The van der Waals surface area contributed by atoms with Gasteiger partial charge in [-0.1, -0.05) is 35.0 Å². The molecule has 4 rings (SSSR count). The Kier molecular flexibility index (Phi) is 7.73. The standard InChI is InChI=1S/C27H33BrN2O5/c1-4-27(14-31,15-32)16-34-20-8-5-18(6-9-20)25-24-21(11-12-30(25)26(33)35-17(2)3)22-13-19(28)7-10-23(22)29-24/h5-10,13,17,25,29,31-32H,4,11-12,14-16H2,1-3H3. The van der Waals surface area contributed by atoms with Crippen molar-refractivity contribution in [1.82, 2.24) is 9.88 Å². The number of nitrogens with zero attached hydrogens (tertiary/aromatic N) is 1. The largest absolute Gasteiger partial charge is 0.493 e. The molecule has 0 saturated heterocycles. The summed E-state index contributed by atoms with van der Waals surface area (Å²) in [6.07, 6.45) is 0.787. The van der Waals surface area contributed by atoms with Gasteiger partial charge in [-0.3, -0.25) is 4.90 Å². The number of nitrogens with one attached hydrogen (secondary N) is 1. The molecule has 0 radical (unpaired) electrons. The van der Waals surface area contributed by atoms with E-state index in [0.29, 0.717) is 18.7 Å². The van der Waals surface area contributed by atoms with Crippen LogP contribution < -0.4 is 4.74 Å². The van der Waals surface area contributed by atoms with E-state index in [1.165, 1.54) is 5.56 Å². The number of carbonyl (C=O) groups excluding carboxylic acids is 1. The Morgan fingerprint density at radius 3 is 2.54 bits per heavy atom. The molecule has 1 aliphatic heterocycles. The number of aliphatic hydroxyl groups is 2. The van der Waals surface area contributed by atoms with Gasteiger partial charge in [-0.25, -0.2) is 4.79 Å². The normalized spacial score (nSPS) is 16.0. The van der Waals surface area contributed by atoms with Crippen LogP contribution in [0.15, 0.2) is 46.9 Å². The first-order chi connectivity index (χ1) is 16.8. The van der Waals surface area contributed by atoms with E-state index in [1.807, 2.05) is 57.2 Å². The number of aromatic nitrogens is 1. The fourth-order valence-electron chi connectivity index (χ4n) is 4.52. The number of hydrogen-bond acceptors (Lipinski definition) is 5. The van der Waals surface area contributed by atoms with Crippen molar-refractivity contribution in [3.8, 4) is 5.75 Å². The van der Waals surface area contributed by atoms with Gasteiger partial charge in [0.25, 0.3) is 0 Å². The molecule has 8 heteroatoms. The van der Waals surface area contributed by atoms with Crippen molar-refractivity contribution in [2.24, 2.45) is 5.41 Å². The van der Waals surface area contributed by atoms with Crippen LogP contribution in [0.3, 0.4) is 0 Å². The second kappa shape index (κ2) is 10.6. The molecule has 3 aromatic rings.